The van der Waals surface area contributed by atoms with Gasteiger partial charge in [-0.15, -0.1) is 5.10 Å². The van der Waals surface area contributed by atoms with Gasteiger partial charge in [0.15, 0.2) is 5.82 Å². The van der Waals surface area contributed by atoms with Gasteiger partial charge in [-0.2, -0.15) is 0 Å². The molecule has 1 aromatic rings. The predicted octanol–water partition coefficient (Wildman–Crippen LogP) is 1.12. The van der Waals surface area contributed by atoms with Gasteiger partial charge < -0.3 is 9.84 Å². The molecule has 19 heavy (non-hydrogen) atoms. The van der Waals surface area contributed by atoms with Crippen molar-refractivity contribution in [1.29, 1.82) is 0 Å². The molecular weight excluding hydrogens is 248 g/mol. The lowest BCUT2D eigenvalue weighted by Gasteiger charge is -2.25. The number of hydrogen-bond donors (Lipinski definition) is 1. The number of rotatable bonds is 5. The molecule has 3 rings (SSSR count). The normalized spacial score (nSPS) is 28.5. The Bertz CT molecular complexity index is 477. The highest BCUT2D eigenvalue weighted by molar-refractivity contribution is 5.67. The van der Waals surface area contributed by atoms with Gasteiger partial charge in [-0.3, -0.25) is 4.79 Å². The average molecular weight is 266 g/mol. The number of ether oxygens (including phenoxy) is 1. The lowest BCUT2D eigenvalue weighted by Crippen LogP contribution is -2.29. The van der Waals surface area contributed by atoms with Crippen LogP contribution in [0.25, 0.3) is 0 Å². The Morgan fingerprint density at radius 2 is 2.42 bits per heavy atom. The van der Waals surface area contributed by atoms with Crippen molar-refractivity contribution in [2.24, 2.45) is 5.92 Å². The summed E-state index contributed by atoms with van der Waals surface area (Å²) in [5.41, 5.74) is -0.477. The van der Waals surface area contributed by atoms with Crippen LogP contribution in [-0.2, 0) is 15.1 Å². The van der Waals surface area contributed by atoms with E-state index in [0.717, 1.165) is 25.7 Å². The number of aromatic nitrogens is 4. The highest BCUT2D eigenvalue weighted by Crippen LogP contribution is 2.43. The number of carboxylic acid groups (broad SMARTS) is 1. The molecule has 1 aromatic heterocycles. The zero-order valence-electron chi connectivity index (χ0n) is 10.9. The summed E-state index contributed by atoms with van der Waals surface area (Å²) in [5.74, 6) is 0.238. The van der Waals surface area contributed by atoms with Crippen LogP contribution in [0.3, 0.4) is 0 Å². The molecule has 0 amide bonds. The van der Waals surface area contributed by atoms with Gasteiger partial charge >= 0.3 is 5.97 Å². The highest BCUT2D eigenvalue weighted by atomic mass is 16.5. The molecule has 1 aliphatic heterocycles. The van der Waals surface area contributed by atoms with E-state index in [1.807, 2.05) is 6.92 Å². The van der Waals surface area contributed by atoms with E-state index in [1.54, 1.807) is 4.68 Å². The minimum atomic E-state index is -0.809. The third kappa shape index (κ3) is 2.34. The average Bonchev–Trinajstić information content (AvgIpc) is 2.89. The van der Waals surface area contributed by atoms with E-state index in [1.165, 1.54) is 0 Å². The van der Waals surface area contributed by atoms with Gasteiger partial charge in [-0.1, -0.05) is 0 Å². The van der Waals surface area contributed by atoms with Gasteiger partial charge in [0.1, 0.15) is 5.60 Å². The maximum absolute atomic E-state index is 11.0. The third-order valence-electron chi connectivity index (χ3n) is 4.05. The second kappa shape index (κ2) is 4.56. The van der Waals surface area contributed by atoms with E-state index in [0.29, 0.717) is 18.3 Å². The van der Waals surface area contributed by atoms with E-state index >= 15 is 0 Å². The molecule has 104 valence electrons. The second-order valence-corrected chi connectivity index (χ2v) is 5.63. The number of tetrazole rings is 1. The predicted molar refractivity (Wildman–Crippen MR) is 64.4 cm³/mol. The minimum absolute atomic E-state index is 0.0682. The van der Waals surface area contributed by atoms with Crippen molar-refractivity contribution in [3.8, 4) is 0 Å². The molecule has 2 atom stereocenters. The standard InChI is InChI=1S/C12H18N4O3/c1-12(5-2-6-19-12)11-13-14-15-16(11)9(7-10(17)18)8-3-4-8/h8-9H,2-7H2,1H3,(H,17,18). The SMILES string of the molecule is CC1(c2nnnn2C(CC(=O)O)C2CC2)CCCO1. The molecule has 2 unspecified atom stereocenters. The first kappa shape index (κ1) is 12.5. The number of hydrogen-bond acceptors (Lipinski definition) is 5. The van der Waals surface area contributed by atoms with Crippen LogP contribution in [0.15, 0.2) is 0 Å². The second-order valence-electron chi connectivity index (χ2n) is 5.63. The number of nitrogens with zero attached hydrogens (tertiary/aromatic N) is 4. The van der Waals surface area contributed by atoms with E-state index in [-0.39, 0.29) is 12.5 Å². The van der Waals surface area contributed by atoms with Crippen molar-refractivity contribution < 1.29 is 14.6 Å². The third-order valence-corrected chi connectivity index (χ3v) is 4.05. The maximum Gasteiger partial charge on any atom is 0.305 e. The zero-order valence-corrected chi connectivity index (χ0v) is 10.9. The van der Waals surface area contributed by atoms with Crippen molar-refractivity contribution in [3.63, 3.8) is 0 Å². The fourth-order valence-electron chi connectivity index (χ4n) is 2.83. The summed E-state index contributed by atoms with van der Waals surface area (Å²) in [6.45, 7) is 2.68. The largest absolute Gasteiger partial charge is 0.481 e. The molecule has 2 aliphatic rings. The summed E-state index contributed by atoms with van der Waals surface area (Å²) in [4.78, 5) is 11.0. The van der Waals surface area contributed by atoms with Crippen LogP contribution in [0, 0.1) is 5.92 Å². The topological polar surface area (TPSA) is 90.1 Å². The van der Waals surface area contributed by atoms with Gasteiger partial charge in [-0.25, -0.2) is 4.68 Å². The van der Waals surface area contributed by atoms with Crippen LogP contribution in [0.4, 0.5) is 0 Å². The van der Waals surface area contributed by atoms with E-state index in [4.69, 9.17) is 9.84 Å². The molecule has 0 radical (unpaired) electrons. The van der Waals surface area contributed by atoms with E-state index in [2.05, 4.69) is 15.5 Å². The molecule has 1 saturated carbocycles. The van der Waals surface area contributed by atoms with Gasteiger partial charge in [0.05, 0.1) is 12.5 Å². The Hall–Kier alpha value is -1.50. The summed E-state index contributed by atoms with van der Waals surface area (Å²) in [6.07, 6.45) is 4.02. The first-order chi connectivity index (χ1) is 9.10. The summed E-state index contributed by atoms with van der Waals surface area (Å²) >= 11 is 0. The molecule has 0 bridgehead atoms. The van der Waals surface area contributed by atoms with Gasteiger partial charge in [-0.05, 0) is 49.0 Å². The van der Waals surface area contributed by atoms with E-state index in [9.17, 15) is 4.79 Å². The molecular formula is C12H18N4O3. The lowest BCUT2D eigenvalue weighted by atomic mass is 10.0. The van der Waals surface area contributed by atoms with Crippen LogP contribution in [0.5, 0.6) is 0 Å². The summed E-state index contributed by atoms with van der Waals surface area (Å²) in [6, 6.07) is -0.150. The smallest absolute Gasteiger partial charge is 0.305 e. The Morgan fingerprint density at radius 3 is 3.00 bits per heavy atom. The maximum atomic E-state index is 11.0. The number of carboxylic acids is 1. The fourth-order valence-corrected chi connectivity index (χ4v) is 2.83. The van der Waals surface area contributed by atoms with Crippen molar-refractivity contribution in [1.82, 2.24) is 20.2 Å². The van der Waals surface area contributed by atoms with Crippen LogP contribution in [-0.4, -0.2) is 37.9 Å². The molecule has 0 aromatic carbocycles. The molecule has 1 saturated heterocycles. The van der Waals surface area contributed by atoms with Crippen molar-refractivity contribution in [2.75, 3.05) is 6.61 Å². The van der Waals surface area contributed by atoms with Crippen molar-refractivity contribution in [2.45, 2.75) is 50.7 Å². The molecule has 1 aliphatic carbocycles. The first-order valence-electron chi connectivity index (χ1n) is 6.74. The van der Waals surface area contributed by atoms with Crippen LogP contribution in [0.2, 0.25) is 0 Å². The summed E-state index contributed by atoms with van der Waals surface area (Å²) in [5, 5.41) is 20.9. The number of aliphatic carboxylic acids is 1. The molecule has 2 fully saturated rings. The Labute approximate surface area is 110 Å². The number of carbonyl (C=O) groups is 1. The van der Waals surface area contributed by atoms with Gasteiger partial charge in [0.2, 0.25) is 0 Å². The quantitative estimate of drug-likeness (QED) is 0.859. The highest BCUT2D eigenvalue weighted by Gasteiger charge is 2.42. The summed E-state index contributed by atoms with van der Waals surface area (Å²) < 4.78 is 7.46. The van der Waals surface area contributed by atoms with Crippen LogP contribution in [0.1, 0.15) is 50.9 Å². The minimum Gasteiger partial charge on any atom is -0.481 e. The van der Waals surface area contributed by atoms with E-state index < -0.39 is 11.6 Å². The lowest BCUT2D eigenvalue weighted by molar-refractivity contribution is -0.138. The Balaban J connectivity index is 1.91. The van der Waals surface area contributed by atoms with Crippen molar-refractivity contribution >= 4 is 5.97 Å². The zero-order chi connectivity index (χ0) is 13.5. The summed E-state index contributed by atoms with van der Waals surface area (Å²) in [7, 11) is 0. The molecule has 7 nitrogen and oxygen atoms in total. The van der Waals surface area contributed by atoms with Gasteiger partial charge in [0.25, 0.3) is 0 Å². The van der Waals surface area contributed by atoms with Gasteiger partial charge in [0, 0.05) is 6.61 Å². The fraction of sp³-hybridized carbons (Fsp3) is 0.833. The van der Waals surface area contributed by atoms with Crippen LogP contribution < -0.4 is 0 Å². The van der Waals surface area contributed by atoms with Crippen molar-refractivity contribution in [3.05, 3.63) is 5.82 Å². The van der Waals surface area contributed by atoms with Crippen LogP contribution >= 0.6 is 0 Å². The molecule has 7 heteroatoms. The molecule has 0 spiro atoms. The molecule has 2 heterocycles. The Morgan fingerprint density at radius 1 is 1.63 bits per heavy atom. The monoisotopic (exact) mass is 266 g/mol. The first-order valence-corrected chi connectivity index (χ1v) is 6.74. The Kier molecular flexibility index (Phi) is 3.00. The molecule has 1 N–H and O–H groups in total.